The molecule has 10 heteroatoms. The molecule has 0 spiro atoms. The van der Waals surface area contributed by atoms with E-state index in [4.69, 9.17) is 32.5 Å². The van der Waals surface area contributed by atoms with Crippen LogP contribution in [-0.4, -0.2) is 32.5 Å². The van der Waals surface area contributed by atoms with Crippen molar-refractivity contribution in [1.29, 1.82) is 0 Å². The molecule has 4 N–H and O–H groups in total. The zero-order valence-corrected chi connectivity index (χ0v) is 17.7. The molecule has 3 aromatic rings. The first-order valence-electron chi connectivity index (χ1n) is 8.90. The summed E-state index contributed by atoms with van der Waals surface area (Å²) in [5, 5.41) is 3.26. The fraction of sp³-hybridized carbons (Fsp3) is 0.263. The van der Waals surface area contributed by atoms with Gasteiger partial charge in [-0.3, -0.25) is 0 Å². The predicted molar refractivity (Wildman–Crippen MR) is 119 cm³/mol. The number of nitrogen functional groups attached to an aromatic ring is 1. The fourth-order valence-corrected chi connectivity index (χ4v) is 4.44. The normalized spacial score (nSPS) is 12.9. The van der Waals surface area contributed by atoms with Gasteiger partial charge in [-0.2, -0.15) is 9.97 Å². The molecule has 2 aromatic carbocycles. The SMILES string of the molecule is NC(=S)OCCCSc1nc(N)nc(-c2c(Cl)cc3c4c(cccc24)COC3)n1. The molecule has 1 aliphatic heterocycles. The Morgan fingerprint density at radius 3 is 2.90 bits per heavy atom. The molecule has 29 heavy (non-hydrogen) atoms. The maximum atomic E-state index is 6.63. The van der Waals surface area contributed by atoms with Crippen molar-refractivity contribution in [2.75, 3.05) is 18.1 Å². The zero-order valence-electron chi connectivity index (χ0n) is 15.4. The van der Waals surface area contributed by atoms with Crippen LogP contribution in [0.15, 0.2) is 29.4 Å². The van der Waals surface area contributed by atoms with Crippen molar-refractivity contribution in [3.05, 3.63) is 40.4 Å². The minimum Gasteiger partial charge on any atom is -0.471 e. The van der Waals surface area contributed by atoms with E-state index in [0.717, 1.165) is 39.6 Å². The van der Waals surface area contributed by atoms with E-state index in [1.807, 2.05) is 18.2 Å². The van der Waals surface area contributed by atoms with Gasteiger partial charge in [-0.15, -0.1) is 0 Å². The summed E-state index contributed by atoms with van der Waals surface area (Å²) in [6.07, 6.45) is 0.741. The van der Waals surface area contributed by atoms with Crippen LogP contribution >= 0.6 is 35.6 Å². The number of nitrogens with two attached hydrogens (primary N) is 2. The molecule has 0 unspecified atom stereocenters. The van der Waals surface area contributed by atoms with Gasteiger partial charge in [0.1, 0.15) is 0 Å². The number of thioether (sulfide) groups is 1. The van der Waals surface area contributed by atoms with Crippen LogP contribution in [-0.2, 0) is 22.7 Å². The van der Waals surface area contributed by atoms with E-state index in [0.29, 0.717) is 35.8 Å². The second-order valence-corrected chi connectivity index (χ2v) is 8.27. The highest BCUT2D eigenvalue weighted by molar-refractivity contribution is 7.99. The summed E-state index contributed by atoms with van der Waals surface area (Å²) in [4.78, 5) is 13.2. The van der Waals surface area contributed by atoms with Crippen LogP contribution in [0.2, 0.25) is 5.02 Å². The smallest absolute Gasteiger partial charge is 0.253 e. The Morgan fingerprint density at radius 1 is 1.24 bits per heavy atom. The van der Waals surface area contributed by atoms with Crippen LogP contribution in [0.1, 0.15) is 17.5 Å². The molecular weight excluding hydrogens is 430 g/mol. The number of anilines is 1. The number of halogens is 1. The van der Waals surface area contributed by atoms with Crippen LogP contribution in [0.4, 0.5) is 5.95 Å². The van der Waals surface area contributed by atoms with Crippen LogP contribution < -0.4 is 11.5 Å². The average Bonchev–Trinajstić information content (AvgIpc) is 2.67. The minimum atomic E-state index is 0.0459. The van der Waals surface area contributed by atoms with Gasteiger partial charge < -0.3 is 20.9 Å². The monoisotopic (exact) mass is 447 g/mol. The number of rotatable bonds is 6. The molecule has 1 aliphatic rings. The Kier molecular flexibility index (Phi) is 6.00. The lowest BCUT2D eigenvalue weighted by molar-refractivity contribution is 0.103. The van der Waals surface area contributed by atoms with E-state index >= 15 is 0 Å². The Morgan fingerprint density at radius 2 is 2.07 bits per heavy atom. The molecule has 0 fully saturated rings. The number of nitrogens with zero attached hydrogens (tertiary/aromatic N) is 3. The molecule has 0 radical (unpaired) electrons. The summed E-state index contributed by atoms with van der Waals surface area (Å²) in [6.45, 7) is 1.54. The molecule has 0 bridgehead atoms. The number of ether oxygens (including phenoxy) is 2. The van der Waals surface area contributed by atoms with Gasteiger partial charge in [-0.1, -0.05) is 41.6 Å². The van der Waals surface area contributed by atoms with Crippen molar-refractivity contribution in [3.8, 4) is 11.4 Å². The number of hydrogen-bond acceptors (Lipinski definition) is 8. The van der Waals surface area contributed by atoms with E-state index < -0.39 is 0 Å². The van der Waals surface area contributed by atoms with Crippen molar-refractivity contribution in [1.82, 2.24) is 15.0 Å². The molecule has 7 nitrogen and oxygen atoms in total. The second kappa shape index (κ2) is 8.66. The lowest BCUT2D eigenvalue weighted by Crippen LogP contribution is -2.13. The summed E-state index contributed by atoms with van der Waals surface area (Å²) in [5.41, 5.74) is 14.2. The van der Waals surface area contributed by atoms with Gasteiger partial charge in [0.05, 0.1) is 24.8 Å². The summed E-state index contributed by atoms with van der Waals surface area (Å²) in [6, 6.07) is 7.98. The molecule has 0 saturated carbocycles. The Bertz CT molecular complexity index is 1100. The largest absolute Gasteiger partial charge is 0.471 e. The number of hydrogen-bond donors (Lipinski definition) is 2. The second-order valence-electron chi connectivity index (χ2n) is 6.39. The topological polar surface area (TPSA) is 109 Å². The van der Waals surface area contributed by atoms with Crippen LogP contribution in [0, 0.1) is 0 Å². The molecule has 0 amide bonds. The van der Waals surface area contributed by atoms with Gasteiger partial charge in [0.2, 0.25) is 5.95 Å². The van der Waals surface area contributed by atoms with Crippen molar-refractivity contribution in [2.45, 2.75) is 24.8 Å². The van der Waals surface area contributed by atoms with Gasteiger partial charge in [0, 0.05) is 11.3 Å². The van der Waals surface area contributed by atoms with E-state index in [-0.39, 0.29) is 11.1 Å². The Hall–Kier alpha value is -2.20. The molecule has 1 aromatic heterocycles. The van der Waals surface area contributed by atoms with E-state index in [1.165, 1.54) is 11.8 Å². The van der Waals surface area contributed by atoms with E-state index in [2.05, 4.69) is 33.2 Å². The highest BCUT2D eigenvalue weighted by atomic mass is 35.5. The summed E-state index contributed by atoms with van der Waals surface area (Å²) >= 11 is 12.8. The van der Waals surface area contributed by atoms with Crippen LogP contribution in [0.3, 0.4) is 0 Å². The maximum Gasteiger partial charge on any atom is 0.253 e. The third kappa shape index (κ3) is 4.37. The van der Waals surface area contributed by atoms with Crippen LogP contribution in [0.5, 0.6) is 0 Å². The summed E-state index contributed by atoms with van der Waals surface area (Å²) in [7, 11) is 0. The molecule has 0 atom stereocenters. The highest BCUT2D eigenvalue weighted by Crippen LogP contribution is 2.39. The minimum absolute atomic E-state index is 0.0459. The number of benzene rings is 2. The lowest BCUT2D eigenvalue weighted by Gasteiger charge is -2.20. The number of thiocarbonyl (C=S) groups is 1. The molecule has 2 heterocycles. The van der Waals surface area contributed by atoms with Gasteiger partial charge in [0.15, 0.2) is 11.0 Å². The van der Waals surface area contributed by atoms with Crippen molar-refractivity contribution < 1.29 is 9.47 Å². The average molecular weight is 448 g/mol. The zero-order chi connectivity index (χ0) is 20.4. The van der Waals surface area contributed by atoms with Crippen LogP contribution in [0.25, 0.3) is 22.2 Å². The first-order valence-corrected chi connectivity index (χ1v) is 10.7. The summed E-state index contributed by atoms with van der Waals surface area (Å²) in [5.74, 6) is 1.33. The molecule has 150 valence electrons. The molecule has 0 aliphatic carbocycles. The first-order chi connectivity index (χ1) is 14.0. The predicted octanol–water partition coefficient (Wildman–Crippen LogP) is 3.70. The van der Waals surface area contributed by atoms with Gasteiger partial charge in [-0.05, 0) is 46.6 Å². The van der Waals surface area contributed by atoms with Crippen molar-refractivity contribution in [3.63, 3.8) is 0 Å². The summed E-state index contributed by atoms with van der Waals surface area (Å²) < 4.78 is 10.7. The Labute approximate surface area is 182 Å². The standard InChI is InChI=1S/C19H18ClN5O2S2/c20-13-7-11-9-26-8-10-3-1-4-12(14(10)11)15(13)16-23-17(21)25-19(24-16)29-6-2-5-27-18(22)28/h1,3-4,7H,2,5-6,8-9H2,(H2,22,28)(H2,21,23,24,25). The third-order valence-electron chi connectivity index (χ3n) is 4.42. The molecule has 0 saturated heterocycles. The lowest BCUT2D eigenvalue weighted by atomic mass is 9.94. The first kappa shape index (κ1) is 20.1. The van der Waals surface area contributed by atoms with Gasteiger partial charge in [0.25, 0.3) is 5.17 Å². The van der Waals surface area contributed by atoms with Gasteiger partial charge >= 0.3 is 0 Å². The fourth-order valence-electron chi connectivity index (χ4n) is 3.29. The highest BCUT2D eigenvalue weighted by Gasteiger charge is 2.20. The van der Waals surface area contributed by atoms with Gasteiger partial charge in [-0.25, -0.2) is 4.98 Å². The maximum absolute atomic E-state index is 6.63. The Balaban J connectivity index is 1.68. The molecular formula is C19H18ClN5O2S2. The van der Waals surface area contributed by atoms with E-state index in [9.17, 15) is 0 Å². The van der Waals surface area contributed by atoms with Crippen molar-refractivity contribution in [2.24, 2.45) is 5.73 Å². The number of aromatic nitrogens is 3. The quantitative estimate of drug-likeness (QED) is 0.332. The molecule has 4 rings (SSSR count). The van der Waals surface area contributed by atoms with Crippen molar-refractivity contribution >= 4 is 57.5 Å². The van der Waals surface area contributed by atoms with E-state index in [1.54, 1.807) is 0 Å². The third-order valence-corrected chi connectivity index (χ3v) is 5.77.